The van der Waals surface area contributed by atoms with Crippen LogP contribution >= 0.6 is 0 Å². The highest BCUT2D eigenvalue weighted by atomic mass is 19.2. The molecule has 4 rings (SSSR count). The number of carbonyl (C=O) groups excluding carboxylic acids is 2. The third-order valence-electron chi connectivity index (χ3n) is 5.68. The average Bonchev–Trinajstić information content (AvgIpc) is 3.49. The summed E-state index contributed by atoms with van der Waals surface area (Å²) in [5.74, 6) is -2.33. The van der Waals surface area contributed by atoms with Gasteiger partial charge in [-0.15, -0.1) is 0 Å². The predicted octanol–water partition coefficient (Wildman–Crippen LogP) is 2.46. The average molecular weight is 399 g/mol. The van der Waals surface area contributed by atoms with Gasteiger partial charge in [0.1, 0.15) is 0 Å². The quantitative estimate of drug-likeness (QED) is 0.785. The number of hydrogen-bond acceptors (Lipinski definition) is 3. The van der Waals surface area contributed by atoms with Crippen molar-refractivity contribution < 1.29 is 18.4 Å². The molecule has 1 aliphatic carbocycles. The van der Waals surface area contributed by atoms with Crippen LogP contribution in [0.2, 0.25) is 0 Å². The van der Waals surface area contributed by atoms with Crippen LogP contribution in [0, 0.1) is 11.6 Å². The Bertz CT molecular complexity index is 916. The highest BCUT2D eigenvalue weighted by Gasteiger charge is 2.46. The van der Waals surface area contributed by atoms with Gasteiger partial charge in [-0.2, -0.15) is 0 Å². The van der Waals surface area contributed by atoms with Gasteiger partial charge in [-0.25, -0.2) is 8.78 Å². The van der Waals surface area contributed by atoms with Crippen LogP contribution in [-0.2, 0) is 21.7 Å². The van der Waals surface area contributed by atoms with Crippen molar-refractivity contribution in [3.05, 3.63) is 71.3 Å². The molecule has 2 N–H and O–H groups in total. The first-order chi connectivity index (χ1) is 14.0. The standard InChI is InChI=1S/C22H23F2N3O2/c23-17-8-4-5-15(20(17)24)14-27-12-11-25-21(29)18(27)13-19(28)26-22(9-10-22)16-6-2-1-3-7-16/h1-8,18H,9-14H2,(H,25,29)(H,26,28). The molecule has 2 aromatic rings. The first-order valence-corrected chi connectivity index (χ1v) is 9.80. The number of carbonyl (C=O) groups is 2. The molecule has 1 heterocycles. The molecule has 0 spiro atoms. The SMILES string of the molecule is O=C(CC1C(=O)NCCN1Cc1cccc(F)c1F)NC1(c2ccccc2)CC1. The van der Waals surface area contributed by atoms with Crippen LogP contribution in [0.1, 0.15) is 30.4 Å². The van der Waals surface area contributed by atoms with Crippen LogP contribution in [0.15, 0.2) is 48.5 Å². The minimum Gasteiger partial charge on any atom is -0.353 e. The van der Waals surface area contributed by atoms with Gasteiger partial charge in [0, 0.05) is 25.2 Å². The maximum atomic E-state index is 14.1. The summed E-state index contributed by atoms with van der Waals surface area (Å²) in [5, 5.41) is 5.84. The molecule has 5 nitrogen and oxygen atoms in total. The molecule has 0 aromatic heterocycles. The van der Waals surface area contributed by atoms with Gasteiger partial charge >= 0.3 is 0 Å². The number of halogens is 2. The molecule has 0 radical (unpaired) electrons. The van der Waals surface area contributed by atoms with E-state index >= 15 is 0 Å². The van der Waals surface area contributed by atoms with Crippen LogP contribution in [0.3, 0.4) is 0 Å². The van der Waals surface area contributed by atoms with E-state index in [1.165, 1.54) is 12.1 Å². The fraction of sp³-hybridized carbons (Fsp3) is 0.364. The van der Waals surface area contributed by atoms with E-state index in [4.69, 9.17) is 0 Å². The van der Waals surface area contributed by atoms with Gasteiger partial charge in [-0.1, -0.05) is 42.5 Å². The third-order valence-corrected chi connectivity index (χ3v) is 5.68. The van der Waals surface area contributed by atoms with E-state index in [9.17, 15) is 18.4 Å². The second kappa shape index (κ2) is 7.91. The molecule has 152 valence electrons. The summed E-state index contributed by atoms with van der Waals surface area (Å²) >= 11 is 0. The monoisotopic (exact) mass is 399 g/mol. The van der Waals surface area contributed by atoms with Gasteiger partial charge in [-0.3, -0.25) is 14.5 Å². The highest BCUT2D eigenvalue weighted by Crippen LogP contribution is 2.45. The lowest BCUT2D eigenvalue weighted by Gasteiger charge is -2.35. The number of hydrogen-bond donors (Lipinski definition) is 2. The number of rotatable bonds is 6. The maximum absolute atomic E-state index is 14.1. The Labute approximate surface area is 168 Å². The molecule has 1 aliphatic heterocycles. The van der Waals surface area contributed by atoms with Crippen molar-refractivity contribution >= 4 is 11.8 Å². The summed E-state index contributed by atoms with van der Waals surface area (Å²) in [5.41, 5.74) is 0.872. The lowest BCUT2D eigenvalue weighted by molar-refractivity contribution is -0.134. The Kier molecular flexibility index (Phi) is 5.32. The fourth-order valence-electron chi connectivity index (χ4n) is 3.92. The Hall–Kier alpha value is -2.80. The van der Waals surface area contributed by atoms with Gasteiger partial charge in [0.15, 0.2) is 11.6 Å². The summed E-state index contributed by atoms with van der Waals surface area (Å²) in [4.78, 5) is 26.9. The molecule has 0 bridgehead atoms. The first kappa shape index (κ1) is 19.5. The van der Waals surface area contributed by atoms with Crippen molar-refractivity contribution in [1.82, 2.24) is 15.5 Å². The molecule has 1 saturated carbocycles. The maximum Gasteiger partial charge on any atom is 0.237 e. The Morgan fingerprint density at radius 1 is 1.14 bits per heavy atom. The van der Waals surface area contributed by atoms with Crippen LogP contribution in [-0.4, -0.2) is 35.8 Å². The number of nitrogens with zero attached hydrogens (tertiary/aromatic N) is 1. The van der Waals surface area contributed by atoms with Crippen molar-refractivity contribution in [2.75, 3.05) is 13.1 Å². The summed E-state index contributed by atoms with van der Waals surface area (Å²) < 4.78 is 27.6. The van der Waals surface area contributed by atoms with Gasteiger partial charge < -0.3 is 10.6 Å². The Morgan fingerprint density at radius 2 is 1.90 bits per heavy atom. The molecule has 2 amide bonds. The largest absolute Gasteiger partial charge is 0.353 e. The van der Waals surface area contributed by atoms with Crippen molar-refractivity contribution in [3.8, 4) is 0 Å². The predicted molar refractivity (Wildman–Crippen MR) is 104 cm³/mol. The Morgan fingerprint density at radius 3 is 2.62 bits per heavy atom. The fourth-order valence-corrected chi connectivity index (χ4v) is 3.92. The summed E-state index contributed by atoms with van der Waals surface area (Å²) in [6, 6.07) is 13.0. The first-order valence-electron chi connectivity index (χ1n) is 9.80. The second-order valence-corrected chi connectivity index (χ2v) is 7.69. The molecule has 7 heteroatoms. The van der Waals surface area contributed by atoms with E-state index in [1.807, 2.05) is 30.3 Å². The molecule has 1 unspecified atom stereocenters. The molecular formula is C22H23F2N3O2. The number of benzene rings is 2. The van der Waals surface area contributed by atoms with Crippen LogP contribution in [0.5, 0.6) is 0 Å². The molecule has 1 atom stereocenters. The third kappa shape index (κ3) is 4.15. The van der Waals surface area contributed by atoms with Crippen LogP contribution < -0.4 is 10.6 Å². The van der Waals surface area contributed by atoms with Crippen molar-refractivity contribution in [1.29, 1.82) is 0 Å². The number of piperazine rings is 1. The molecular weight excluding hydrogens is 376 g/mol. The van der Waals surface area contributed by atoms with E-state index in [-0.39, 0.29) is 35.9 Å². The van der Waals surface area contributed by atoms with E-state index in [1.54, 1.807) is 4.90 Å². The minimum atomic E-state index is -0.920. The molecule has 1 saturated heterocycles. The zero-order valence-electron chi connectivity index (χ0n) is 16.0. The molecule has 29 heavy (non-hydrogen) atoms. The topological polar surface area (TPSA) is 61.4 Å². The summed E-state index contributed by atoms with van der Waals surface area (Å²) in [6.07, 6.45) is 1.69. The minimum absolute atomic E-state index is 0.0304. The lowest BCUT2D eigenvalue weighted by atomic mass is 10.0. The van der Waals surface area contributed by atoms with Crippen LogP contribution in [0.25, 0.3) is 0 Å². The van der Waals surface area contributed by atoms with E-state index in [0.717, 1.165) is 24.5 Å². The highest BCUT2D eigenvalue weighted by molar-refractivity contribution is 5.89. The van der Waals surface area contributed by atoms with Crippen molar-refractivity contribution in [2.24, 2.45) is 0 Å². The summed E-state index contributed by atoms with van der Waals surface area (Å²) in [7, 11) is 0. The van der Waals surface area contributed by atoms with Crippen LogP contribution in [0.4, 0.5) is 8.78 Å². The Balaban J connectivity index is 1.46. The molecule has 2 aliphatic rings. The van der Waals surface area contributed by atoms with E-state index < -0.39 is 17.7 Å². The second-order valence-electron chi connectivity index (χ2n) is 7.69. The van der Waals surface area contributed by atoms with Crippen molar-refractivity contribution in [3.63, 3.8) is 0 Å². The normalized spacial score (nSPS) is 20.8. The zero-order chi connectivity index (χ0) is 20.4. The lowest BCUT2D eigenvalue weighted by Crippen LogP contribution is -2.56. The van der Waals surface area contributed by atoms with Gasteiger partial charge in [0.25, 0.3) is 0 Å². The summed E-state index contributed by atoms with van der Waals surface area (Å²) in [6.45, 7) is 0.935. The molecule has 2 aromatic carbocycles. The van der Waals surface area contributed by atoms with Gasteiger partial charge in [0.2, 0.25) is 11.8 Å². The van der Waals surface area contributed by atoms with Crippen molar-refractivity contribution in [2.45, 2.75) is 37.4 Å². The number of nitrogens with one attached hydrogen (secondary N) is 2. The van der Waals surface area contributed by atoms with Gasteiger partial charge in [0.05, 0.1) is 18.0 Å². The number of amides is 2. The molecule has 2 fully saturated rings. The smallest absolute Gasteiger partial charge is 0.237 e. The zero-order valence-corrected chi connectivity index (χ0v) is 16.0. The van der Waals surface area contributed by atoms with E-state index in [2.05, 4.69) is 10.6 Å². The van der Waals surface area contributed by atoms with Gasteiger partial charge in [-0.05, 0) is 24.5 Å². The van der Waals surface area contributed by atoms with E-state index in [0.29, 0.717) is 13.1 Å².